The highest BCUT2D eigenvalue weighted by Crippen LogP contribution is 2.15. The first kappa shape index (κ1) is 10.1. The maximum Gasteiger partial charge on any atom is 0.0937 e. The van der Waals surface area contributed by atoms with Crippen LogP contribution in [0.15, 0.2) is 11.6 Å². The summed E-state index contributed by atoms with van der Waals surface area (Å²) in [5.74, 6) is 0.728. The Labute approximate surface area is 88.9 Å². The van der Waals surface area contributed by atoms with Crippen molar-refractivity contribution in [1.29, 1.82) is 0 Å². The lowest BCUT2D eigenvalue weighted by atomic mass is 10.1. The first-order valence-corrected chi connectivity index (χ1v) is 6.07. The lowest BCUT2D eigenvalue weighted by Crippen LogP contribution is -2.25. The van der Waals surface area contributed by atoms with Crippen molar-refractivity contribution in [3.63, 3.8) is 0 Å². The standard InChI is InChI=1S/C10H17N3S/c11-7-9-1-4-13(8-9)5-2-10-12-3-6-14-10/h3,6,9H,1-2,4-5,7-8,11H2. The van der Waals surface area contributed by atoms with E-state index in [4.69, 9.17) is 5.73 Å². The Hall–Kier alpha value is -0.450. The second-order valence-electron chi connectivity index (χ2n) is 3.87. The van der Waals surface area contributed by atoms with Gasteiger partial charge in [0, 0.05) is 31.1 Å². The molecule has 0 aliphatic carbocycles. The van der Waals surface area contributed by atoms with Gasteiger partial charge in [-0.15, -0.1) is 11.3 Å². The van der Waals surface area contributed by atoms with E-state index in [1.165, 1.54) is 24.5 Å². The Morgan fingerprint density at radius 3 is 3.21 bits per heavy atom. The number of aromatic nitrogens is 1. The molecule has 4 heteroatoms. The summed E-state index contributed by atoms with van der Waals surface area (Å²) in [6, 6.07) is 0. The van der Waals surface area contributed by atoms with E-state index in [1.807, 2.05) is 11.6 Å². The zero-order valence-corrected chi connectivity index (χ0v) is 9.17. The topological polar surface area (TPSA) is 42.1 Å². The van der Waals surface area contributed by atoms with E-state index in [9.17, 15) is 0 Å². The van der Waals surface area contributed by atoms with Crippen LogP contribution in [0.2, 0.25) is 0 Å². The van der Waals surface area contributed by atoms with E-state index in [0.717, 1.165) is 25.4 Å². The van der Waals surface area contributed by atoms with Crippen LogP contribution in [0, 0.1) is 5.92 Å². The van der Waals surface area contributed by atoms with Crippen molar-refractivity contribution in [2.24, 2.45) is 11.7 Å². The first-order chi connectivity index (χ1) is 6.88. The molecule has 1 saturated heterocycles. The predicted octanol–water partition coefficient (Wildman–Crippen LogP) is 0.966. The van der Waals surface area contributed by atoms with Gasteiger partial charge in [0.1, 0.15) is 0 Å². The van der Waals surface area contributed by atoms with Crippen LogP contribution in [0.1, 0.15) is 11.4 Å². The van der Waals surface area contributed by atoms with Gasteiger partial charge >= 0.3 is 0 Å². The fourth-order valence-electron chi connectivity index (χ4n) is 1.94. The van der Waals surface area contributed by atoms with E-state index < -0.39 is 0 Å². The molecule has 1 fully saturated rings. The van der Waals surface area contributed by atoms with Gasteiger partial charge < -0.3 is 10.6 Å². The van der Waals surface area contributed by atoms with Crippen molar-refractivity contribution in [2.45, 2.75) is 12.8 Å². The molecule has 0 radical (unpaired) electrons. The first-order valence-electron chi connectivity index (χ1n) is 5.19. The van der Waals surface area contributed by atoms with Gasteiger partial charge in [-0.2, -0.15) is 0 Å². The minimum Gasteiger partial charge on any atom is -0.330 e. The van der Waals surface area contributed by atoms with Gasteiger partial charge in [-0.25, -0.2) is 4.98 Å². The number of thiazole rings is 1. The second-order valence-corrected chi connectivity index (χ2v) is 4.85. The fraction of sp³-hybridized carbons (Fsp3) is 0.700. The van der Waals surface area contributed by atoms with Crippen molar-refractivity contribution in [2.75, 3.05) is 26.2 Å². The monoisotopic (exact) mass is 211 g/mol. The SMILES string of the molecule is NCC1CCN(CCc2nccs2)C1. The summed E-state index contributed by atoms with van der Waals surface area (Å²) >= 11 is 1.75. The Morgan fingerprint density at radius 2 is 2.57 bits per heavy atom. The molecule has 2 N–H and O–H groups in total. The van der Waals surface area contributed by atoms with Crippen LogP contribution in [-0.2, 0) is 6.42 Å². The highest BCUT2D eigenvalue weighted by molar-refractivity contribution is 7.09. The van der Waals surface area contributed by atoms with Gasteiger partial charge in [0.2, 0.25) is 0 Å². The normalized spacial score (nSPS) is 23.1. The number of hydrogen-bond donors (Lipinski definition) is 1. The van der Waals surface area contributed by atoms with Crippen LogP contribution in [0.5, 0.6) is 0 Å². The summed E-state index contributed by atoms with van der Waals surface area (Å²) in [6.45, 7) is 4.38. The van der Waals surface area contributed by atoms with Crippen LogP contribution in [-0.4, -0.2) is 36.1 Å². The molecule has 1 aromatic heterocycles. The van der Waals surface area contributed by atoms with Gasteiger partial charge in [-0.05, 0) is 25.4 Å². The van der Waals surface area contributed by atoms with Crippen LogP contribution < -0.4 is 5.73 Å². The van der Waals surface area contributed by atoms with Gasteiger partial charge in [0.25, 0.3) is 0 Å². The Bertz CT molecular complexity index is 260. The molecule has 1 unspecified atom stereocenters. The summed E-state index contributed by atoms with van der Waals surface area (Å²) in [4.78, 5) is 6.78. The molecule has 1 atom stereocenters. The number of nitrogens with zero attached hydrogens (tertiary/aromatic N) is 2. The molecule has 3 nitrogen and oxygen atoms in total. The summed E-state index contributed by atoms with van der Waals surface area (Å²) < 4.78 is 0. The zero-order chi connectivity index (χ0) is 9.80. The molecule has 0 amide bonds. The molecule has 1 aliphatic heterocycles. The van der Waals surface area contributed by atoms with Gasteiger partial charge in [0.05, 0.1) is 5.01 Å². The van der Waals surface area contributed by atoms with Crippen LogP contribution in [0.4, 0.5) is 0 Å². The Kier molecular flexibility index (Phi) is 3.50. The molecule has 78 valence electrons. The van der Waals surface area contributed by atoms with E-state index in [2.05, 4.69) is 9.88 Å². The summed E-state index contributed by atoms with van der Waals surface area (Å²) in [5, 5.41) is 3.29. The average Bonchev–Trinajstić information content (AvgIpc) is 2.86. The molecule has 2 rings (SSSR count). The van der Waals surface area contributed by atoms with Crippen molar-refractivity contribution >= 4 is 11.3 Å². The third kappa shape index (κ3) is 2.53. The third-order valence-corrected chi connectivity index (χ3v) is 3.67. The number of hydrogen-bond acceptors (Lipinski definition) is 4. The summed E-state index contributed by atoms with van der Waals surface area (Å²) in [5.41, 5.74) is 5.65. The fourth-order valence-corrected chi connectivity index (χ4v) is 2.55. The van der Waals surface area contributed by atoms with E-state index >= 15 is 0 Å². The van der Waals surface area contributed by atoms with Crippen molar-refractivity contribution < 1.29 is 0 Å². The maximum atomic E-state index is 5.65. The second kappa shape index (κ2) is 4.87. The van der Waals surface area contributed by atoms with Crippen molar-refractivity contribution in [3.05, 3.63) is 16.6 Å². The quantitative estimate of drug-likeness (QED) is 0.807. The maximum absolute atomic E-state index is 5.65. The third-order valence-electron chi connectivity index (χ3n) is 2.83. The molecule has 0 saturated carbocycles. The lowest BCUT2D eigenvalue weighted by molar-refractivity contribution is 0.329. The molecule has 0 bridgehead atoms. The predicted molar refractivity (Wildman–Crippen MR) is 59.4 cm³/mol. The molecular weight excluding hydrogens is 194 g/mol. The van der Waals surface area contributed by atoms with Gasteiger partial charge in [0.15, 0.2) is 0 Å². The molecule has 1 aliphatic rings. The number of rotatable bonds is 4. The highest BCUT2D eigenvalue weighted by Gasteiger charge is 2.20. The smallest absolute Gasteiger partial charge is 0.0937 e. The van der Waals surface area contributed by atoms with Crippen LogP contribution >= 0.6 is 11.3 Å². The highest BCUT2D eigenvalue weighted by atomic mass is 32.1. The minimum absolute atomic E-state index is 0.728. The molecule has 1 aromatic rings. The summed E-state index contributed by atoms with van der Waals surface area (Å²) in [7, 11) is 0. The van der Waals surface area contributed by atoms with Gasteiger partial charge in [-0.1, -0.05) is 0 Å². The zero-order valence-electron chi connectivity index (χ0n) is 8.35. The molecule has 2 heterocycles. The average molecular weight is 211 g/mol. The molecule has 0 spiro atoms. The number of nitrogens with two attached hydrogens (primary N) is 1. The lowest BCUT2D eigenvalue weighted by Gasteiger charge is -2.14. The number of likely N-dealkylation sites (tertiary alicyclic amines) is 1. The van der Waals surface area contributed by atoms with E-state index in [1.54, 1.807) is 11.3 Å². The minimum atomic E-state index is 0.728. The van der Waals surface area contributed by atoms with E-state index in [-0.39, 0.29) is 0 Å². The summed E-state index contributed by atoms with van der Waals surface area (Å²) in [6.07, 6.45) is 4.25. The van der Waals surface area contributed by atoms with E-state index in [0.29, 0.717) is 0 Å². The van der Waals surface area contributed by atoms with Gasteiger partial charge in [-0.3, -0.25) is 0 Å². The van der Waals surface area contributed by atoms with Crippen LogP contribution in [0.25, 0.3) is 0 Å². The largest absolute Gasteiger partial charge is 0.330 e. The Balaban J connectivity index is 1.72. The Morgan fingerprint density at radius 1 is 1.64 bits per heavy atom. The molecule has 0 aromatic carbocycles. The van der Waals surface area contributed by atoms with Crippen LogP contribution in [0.3, 0.4) is 0 Å². The molecule has 14 heavy (non-hydrogen) atoms. The molecular formula is C10H17N3S. The van der Waals surface area contributed by atoms with Crippen molar-refractivity contribution in [3.8, 4) is 0 Å². The van der Waals surface area contributed by atoms with Crippen molar-refractivity contribution in [1.82, 2.24) is 9.88 Å².